The molecule has 5 heteroatoms. The van der Waals surface area contributed by atoms with Crippen LogP contribution in [-0.4, -0.2) is 43.8 Å². The zero-order chi connectivity index (χ0) is 20.8. The molecule has 6 atom stereocenters. The van der Waals surface area contributed by atoms with Crippen molar-refractivity contribution in [3.05, 3.63) is 11.6 Å². The van der Waals surface area contributed by atoms with E-state index in [1.54, 1.807) is 0 Å². The lowest BCUT2D eigenvalue weighted by Gasteiger charge is -2.58. The highest BCUT2D eigenvalue weighted by molar-refractivity contribution is 5.85. The van der Waals surface area contributed by atoms with Crippen molar-refractivity contribution in [2.24, 2.45) is 34.5 Å². The molecule has 30 heavy (non-hydrogen) atoms. The summed E-state index contributed by atoms with van der Waals surface area (Å²) in [7, 11) is 0. The SMILES string of the molecule is CC1([C@@H]2CC[C@@H]3[C@H]4CC=C5CC6(CC[C@@]5(C)[C@@H]4C(=O)C[C@@]32C)OCCO6)OCCO1. The number of carbonyl (C=O) groups is 1. The summed E-state index contributed by atoms with van der Waals surface area (Å²) in [5.74, 6) is 0.990. The van der Waals surface area contributed by atoms with E-state index < -0.39 is 11.6 Å². The van der Waals surface area contributed by atoms with Gasteiger partial charge in [-0.25, -0.2) is 0 Å². The molecule has 166 valence electrons. The van der Waals surface area contributed by atoms with Crippen LogP contribution in [0.15, 0.2) is 11.6 Å². The molecule has 1 spiro atoms. The van der Waals surface area contributed by atoms with Gasteiger partial charge in [-0.3, -0.25) is 4.79 Å². The Morgan fingerprint density at radius 1 is 0.900 bits per heavy atom. The topological polar surface area (TPSA) is 54.0 Å². The van der Waals surface area contributed by atoms with Crippen LogP contribution in [0.25, 0.3) is 0 Å². The zero-order valence-corrected chi connectivity index (χ0v) is 18.7. The Hall–Kier alpha value is -0.750. The van der Waals surface area contributed by atoms with Crippen LogP contribution in [0, 0.1) is 34.5 Å². The molecule has 3 saturated carbocycles. The molecule has 6 rings (SSSR count). The van der Waals surface area contributed by atoms with E-state index in [4.69, 9.17) is 18.9 Å². The first-order chi connectivity index (χ1) is 14.3. The fourth-order valence-electron chi connectivity index (χ4n) is 8.77. The number of fused-ring (bicyclic) bond motifs is 5. The number of hydrogen-bond acceptors (Lipinski definition) is 5. The molecule has 0 amide bonds. The van der Waals surface area contributed by atoms with E-state index in [9.17, 15) is 4.79 Å². The third-order valence-corrected chi connectivity index (χ3v) is 10.1. The first-order valence-electron chi connectivity index (χ1n) is 12.1. The molecular weight excluding hydrogens is 380 g/mol. The van der Waals surface area contributed by atoms with E-state index in [2.05, 4.69) is 26.8 Å². The van der Waals surface area contributed by atoms with Crippen LogP contribution in [0.2, 0.25) is 0 Å². The number of ketones is 1. The van der Waals surface area contributed by atoms with E-state index in [1.165, 1.54) is 12.0 Å². The number of Topliss-reactive ketones (excluding diaryl/α,β-unsaturated/α-hetero) is 1. The van der Waals surface area contributed by atoms with Gasteiger partial charge in [0, 0.05) is 31.1 Å². The van der Waals surface area contributed by atoms with Gasteiger partial charge in [0.1, 0.15) is 5.78 Å². The minimum absolute atomic E-state index is 0.0212. The lowest BCUT2D eigenvalue weighted by molar-refractivity contribution is -0.215. The minimum Gasteiger partial charge on any atom is -0.348 e. The molecule has 2 heterocycles. The van der Waals surface area contributed by atoms with Crippen molar-refractivity contribution < 1.29 is 23.7 Å². The first kappa shape index (κ1) is 19.9. The highest BCUT2D eigenvalue weighted by Gasteiger charge is 2.66. The third kappa shape index (κ3) is 2.52. The highest BCUT2D eigenvalue weighted by Crippen LogP contribution is 2.67. The zero-order valence-electron chi connectivity index (χ0n) is 18.7. The lowest BCUT2D eigenvalue weighted by Crippen LogP contribution is -2.57. The van der Waals surface area contributed by atoms with Gasteiger partial charge >= 0.3 is 0 Å². The summed E-state index contributed by atoms with van der Waals surface area (Å²) >= 11 is 0. The van der Waals surface area contributed by atoms with Crippen LogP contribution >= 0.6 is 0 Å². The summed E-state index contributed by atoms with van der Waals surface area (Å²) in [4.78, 5) is 13.8. The van der Waals surface area contributed by atoms with Crippen molar-refractivity contribution in [1.82, 2.24) is 0 Å². The Balaban J connectivity index is 1.33. The van der Waals surface area contributed by atoms with Crippen molar-refractivity contribution in [2.75, 3.05) is 26.4 Å². The second-order valence-corrected chi connectivity index (χ2v) is 11.4. The fraction of sp³-hybridized carbons (Fsp3) is 0.880. The highest BCUT2D eigenvalue weighted by atomic mass is 16.7. The summed E-state index contributed by atoms with van der Waals surface area (Å²) < 4.78 is 24.3. The van der Waals surface area contributed by atoms with Gasteiger partial charge in [0.15, 0.2) is 11.6 Å². The van der Waals surface area contributed by atoms with Crippen LogP contribution in [-0.2, 0) is 23.7 Å². The Bertz CT molecular complexity index is 776. The van der Waals surface area contributed by atoms with Gasteiger partial charge in [0.2, 0.25) is 0 Å². The van der Waals surface area contributed by atoms with Crippen LogP contribution in [0.1, 0.15) is 65.7 Å². The van der Waals surface area contributed by atoms with Gasteiger partial charge in [-0.05, 0) is 55.3 Å². The van der Waals surface area contributed by atoms with Crippen molar-refractivity contribution in [2.45, 2.75) is 77.3 Å². The summed E-state index contributed by atoms with van der Waals surface area (Å²) in [5, 5.41) is 0. The monoisotopic (exact) mass is 416 g/mol. The number of hydrogen-bond donors (Lipinski definition) is 0. The summed E-state index contributed by atoms with van der Waals surface area (Å²) in [5.41, 5.74) is 1.36. The standard InChI is InChI=1S/C25H36O5/c1-22-8-9-25(29-12-13-30-25)14-16(22)4-5-17-18-6-7-20(24(3)27-10-11-28-24)23(18,2)15-19(26)21(17)22/h4,17-18,20-21H,5-15H2,1-3H3/t17-,18-,20-,21+,22-,23+/m1/s1. The average Bonchev–Trinajstić information content (AvgIpc) is 3.41. The number of carbonyl (C=O) groups excluding carboxylic acids is 1. The lowest BCUT2D eigenvalue weighted by atomic mass is 9.46. The second-order valence-electron chi connectivity index (χ2n) is 11.4. The van der Waals surface area contributed by atoms with Crippen molar-refractivity contribution in [3.8, 4) is 0 Å². The normalized spacial score (nSPS) is 48.9. The Morgan fingerprint density at radius 2 is 1.60 bits per heavy atom. The van der Waals surface area contributed by atoms with Crippen molar-refractivity contribution in [3.63, 3.8) is 0 Å². The molecule has 0 aromatic carbocycles. The van der Waals surface area contributed by atoms with Crippen LogP contribution in [0.4, 0.5) is 0 Å². The Morgan fingerprint density at radius 3 is 2.33 bits per heavy atom. The number of ether oxygens (including phenoxy) is 4. The predicted octanol–water partition coefficient (Wildman–Crippen LogP) is 4.25. The van der Waals surface area contributed by atoms with Crippen molar-refractivity contribution in [1.29, 1.82) is 0 Å². The minimum atomic E-state index is -0.523. The summed E-state index contributed by atoms with van der Waals surface area (Å²) in [6, 6.07) is 0. The molecular formula is C25H36O5. The predicted molar refractivity (Wildman–Crippen MR) is 111 cm³/mol. The molecule has 5 nitrogen and oxygen atoms in total. The van der Waals surface area contributed by atoms with Gasteiger partial charge in [-0.15, -0.1) is 0 Å². The second kappa shape index (κ2) is 6.40. The van der Waals surface area contributed by atoms with Crippen LogP contribution < -0.4 is 0 Å². The third-order valence-electron chi connectivity index (χ3n) is 10.1. The molecule has 0 N–H and O–H groups in total. The van der Waals surface area contributed by atoms with Gasteiger partial charge in [-0.2, -0.15) is 0 Å². The van der Waals surface area contributed by atoms with Gasteiger partial charge in [0.05, 0.1) is 26.4 Å². The molecule has 0 aromatic heterocycles. The average molecular weight is 417 g/mol. The molecule has 0 radical (unpaired) electrons. The van der Waals surface area contributed by atoms with Gasteiger partial charge in [0.25, 0.3) is 0 Å². The van der Waals surface area contributed by atoms with Gasteiger partial charge < -0.3 is 18.9 Å². The van der Waals surface area contributed by atoms with Gasteiger partial charge in [-0.1, -0.05) is 25.5 Å². The molecule has 0 aromatic rings. The van der Waals surface area contributed by atoms with Crippen LogP contribution in [0.3, 0.4) is 0 Å². The number of allylic oxidation sites excluding steroid dienone is 1. The first-order valence-corrected chi connectivity index (χ1v) is 12.1. The maximum atomic E-state index is 13.8. The molecule has 0 bridgehead atoms. The fourth-order valence-corrected chi connectivity index (χ4v) is 8.77. The molecule has 2 saturated heterocycles. The Labute approximate surface area is 179 Å². The summed E-state index contributed by atoms with van der Waals surface area (Å²) in [6.45, 7) is 9.55. The van der Waals surface area contributed by atoms with Crippen LogP contribution in [0.5, 0.6) is 0 Å². The van der Waals surface area contributed by atoms with E-state index in [-0.39, 0.29) is 16.7 Å². The quantitative estimate of drug-likeness (QED) is 0.598. The molecule has 4 aliphatic carbocycles. The number of rotatable bonds is 1. The van der Waals surface area contributed by atoms with E-state index in [1.807, 2.05) is 0 Å². The maximum absolute atomic E-state index is 13.8. The Kier molecular flexibility index (Phi) is 4.25. The molecule has 6 aliphatic rings. The molecule has 5 fully saturated rings. The largest absolute Gasteiger partial charge is 0.348 e. The van der Waals surface area contributed by atoms with E-state index >= 15 is 0 Å². The van der Waals surface area contributed by atoms with Crippen molar-refractivity contribution >= 4 is 5.78 Å². The molecule has 0 unspecified atom stereocenters. The van der Waals surface area contributed by atoms with E-state index in [0.717, 1.165) is 32.1 Å². The molecule has 2 aliphatic heterocycles. The maximum Gasteiger partial charge on any atom is 0.172 e. The van der Waals surface area contributed by atoms with E-state index in [0.29, 0.717) is 56.4 Å². The summed E-state index contributed by atoms with van der Waals surface area (Å²) in [6.07, 6.45) is 9.17. The smallest absolute Gasteiger partial charge is 0.172 e.